The minimum atomic E-state index is 0.593. The third kappa shape index (κ3) is 2.23. The van der Waals surface area contributed by atoms with Gasteiger partial charge in [-0.1, -0.05) is 0 Å². The van der Waals surface area contributed by atoms with Gasteiger partial charge >= 0.3 is 0 Å². The number of aromatic nitrogens is 1. The summed E-state index contributed by atoms with van der Waals surface area (Å²) in [5.41, 5.74) is 7.57. The van der Waals surface area contributed by atoms with Crippen LogP contribution < -0.4 is 10.5 Å². The summed E-state index contributed by atoms with van der Waals surface area (Å²) >= 11 is 3.69. The number of thiazole rings is 1. The van der Waals surface area contributed by atoms with Gasteiger partial charge in [0.2, 0.25) is 0 Å². The van der Waals surface area contributed by atoms with Crippen LogP contribution >= 0.6 is 33.9 Å². The molecule has 1 heterocycles. The van der Waals surface area contributed by atoms with E-state index in [-0.39, 0.29) is 0 Å². The van der Waals surface area contributed by atoms with Crippen molar-refractivity contribution >= 4 is 39.1 Å². The zero-order chi connectivity index (χ0) is 10.8. The zero-order valence-corrected chi connectivity index (χ0v) is 11.0. The van der Waals surface area contributed by atoms with Crippen molar-refractivity contribution in [3.8, 4) is 17.0 Å². The van der Waals surface area contributed by atoms with E-state index in [9.17, 15) is 0 Å². The van der Waals surface area contributed by atoms with E-state index >= 15 is 0 Å². The Labute approximate surface area is 105 Å². The number of halogens is 1. The number of methoxy groups -OCH3 is 1. The van der Waals surface area contributed by atoms with Gasteiger partial charge in [0, 0.05) is 10.9 Å². The van der Waals surface area contributed by atoms with Crippen LogP contribution in [0.2, 0.25) is 0 Å². The number of benzene rings is 1. The number of hydrogen-bond donors (Lipinski definition) is 1. The first-order chi connectivity index (χ1) is 7.20. The lowest BCUT2D eigenvalue weighted by Gasteiger charge is -2.04. The van der Waals surface area contributed by atoms with Crippen LogP contribution in [0.5, 0.6) is 5.75 Å². The summed E-state index contributed by atoms with van der Waals surface area (Å²) in [4.78, 5) is 4.23. The Balaban J connectivity index is 2.42. The number of nitrogens with zero attached hydrogens (tertiary/aromatic N) is 1. The minimum absolute atomic E-state index is 0.593. The SMILES string of the molecule is COc1ccc(-c2csc(N)n2)cc1I. The summed E-state index contributed by atoms with van der Waals surface area (Å²) in [6.45, 7) is 0. The van der Waals surface area contributed by atoms with E-state index in [1.165, 1.54) is 11.3 Å². The highest BCUT2D eigenvalue weighted by Gasteiger charge is 2.05. The topological polar surface area (TPSA) is 48.1 Å². The molecule has 0 fully saturated rings. The molecule has 2 N–H and O–H groups in total. The van der Waals surface area contributed by atoms with Crippen LogP contribution in [0.25, 0.3) is 11.3 Å². The molecule has 0 radical (unpaired) electrons. The van der Waals surface area contributed by atoms with Gasteiger partial charge in [-0.25, -0.2) is 4.98 Å². The Morgan fingerprint density at radius 3 is 2.80 bits per heavy atom. The number of rotatable bonds is 2. The molecule has 1 aromatic heterocycles. The Kier molecular flexibility index (Phi) is 3.11. The first-order valence-corrected chi connectivity index (χ1v) is 6.21. The summed E-state index contributed by atoms with van der Waals surface area (Å²) in [7, 11) is 1.66. The van der Waals surface area contributed by atoms with Crippen LogP contribution in [0.15, 0.2) is 23.6 Å². The maximum atomic E-state index is 5.59. The van der Waals surface area contributed by atoms with Crippen molar-refractivity contribution in [1.82, 2.24) is 4.98 Å². The molecule has 0 aliphatic carbocycles. The van der Waals surface area contributed by atoms with Gasteiger partial charge in [-0.15, -0.1) is 11.3 Å². The average Bonchev–Trinajstić information content (AvgIpc) is 2.65. The quantitative estimate of drug-likeness (QED) is 0.860. The smallest absolute Gasteiger partial charge is 0.180 e. The van der Waals surface area contributed by atoms with Crippen molar-refractivity contribution in [2.45, 2.75) is 0 Å². The van der Waals surface area contributed by atoms with Crippen LogP contribution in [0.3, 0.4) is 0 Å². The summed E-state index contributed by atoms with van der Waals surface area (Å²) in [6, 6.07) is 5.95. The van der Waals surface area contributed by atoms with E-state index in [1.807, 2.05) is 23.6 Å². The second kappa shape index (κ2) is 4.36. The van der Waals surface area contributed by atoms with Gasteiger partial charge < -0.3 is 10.5 Å². The monoisotopic (exact) mass is 332 g/mol. The number of nitrogens with two attached hydrogens (primary N) is 1. The number of hydrogen-bond acceptors (Lipinski definition) is 4. The Morgan fingerprint density at radius 1 is 1.47 bits per heavy atom. The minimum Gasteiger partial charge on any atom is -0.496 e. The Hall–Kier alpha value is -0.820. The first kappa shape index (κ1) is 10.7. The highest BCUT2D eigenvalue weighted by molar-refractivity contribution is 14.1. The molecular formula is C10H9IN2OS. The third-order valence-corrected chi connectivity index (χ3v) is 3.49. The van der Waals surface area contributed by atoms with E-state index in [1.54, 1.807) is 7.11 Å². The van der Waals surface area contributed by atoms with Gasteiger partial charge in [-0.05, 0) is 40.8 Å². The van der Waals surface area contributed by atoms with Crippen LogP contribution in [-0.4, -0.2) is 12.1 Å². The predicted octanol–water partition coefficient (Wildman–Crippen LogP) is 3.01. The predicted molar refractivity (Wildman–Crippen MR) is 71.2 cm³/mol. The van der Waals surface area contributed by atoms with Gasteiger partial charge in [0.1, 0.15) is 5.75 Å². The molecule has 1 aromatic carbocycles. The van der Waals surface area contributed by atoms with E-state index in [0.29, 0.717) is 5.13 Å². The van der Waals surface area contributed by atoms with Crippen molar-refractivity contribution in [3.63, 3.8) is 0 Å². The summed E-state index contributed by atoms with van der Waals surface area (Å²) in [5, 5.41) is 2.54. The molecule has 0 amide bonds. The molecule has 2 aromatic rings. The lowest BCUT2D eigenvalue weighted by Crippen LogP contribution is -1.88. The molecule has 0 saturated carbocycles. The van der Waals surface area contributed by atoms with E-state index < -0.39 is 0 Å². The van der Waals surface area contributed by atoms with Gasteiger partial charge in [-0.2, -0.15) is 0 Å². The Bertz CT molecular complexity index is 484. The summed E-state index contributed by atoms with van der Waals surface area (Å²) < 4.78 is 6.26. The third-order valence-electron chi connectivity index (χ3n) is 1.97. The van der Waals surface area contributed by atoms with Crippen LogP contribution in [-0.2, 0) is 0 Å². The number of ether oxygens (including phenoxy) is 1. The Morgan fingerprint density at radius 2 is 2.27 bits per heavy atom. The fourth-order valence-electron chi connectivity index (χ4n) is 1.25. The van der Waals surface area contributed by atoms with Crippen molar-refractivity contribution in [3.05, 3.63) is 27.1 Å². The molecule has 5 heteroatoms. The van der Waals surface area contributed by atoms with Crippen LogP contribution in [0.1, 0.15) is 0 Å². The van der Waals surface area contributed by atoms with Crippen LogP contribution in [0, 0.1) is 3.57 Å². The van der Waals surface area contributed by atoms with Crippen LogP contribution in [0.4, 0.5) is 5.13 Å². The molecular weight excluding hydrogens is 323 g/mol. The lowest BCUT2D eigenvalue weighted by atomic mass is 10.2. The van der Waals surface area contributed by atoms with Crippen molar-refractivity contribution < 1.29 is 4.74 Å². The number of anilines is 1. The molecule has 0 aliphatic heterocycles. The van der Waals surface area contributed by atoms with Gasteiger partial charge in [-0.3, -0.25) is 0 Å². The molecule has 2 rings (SSSR count). The molecule has 0 unspecified atom stereocenters. The molecule has 0 saturated heterocycles. The van der Waals surface area contributed by atoms with E-state index in [4.69, 9.17) is 10.5 Å². The van der Waals surface area contributed by atoms with Gasteiger partial charge in [0.25, 0.3) is 0 Å². The normalized spacial score (nSPS) is 10.3. The average molecular weight is 332 g/mol. The molecule has 0 atom stereocenters. The largest absolute Gasteiger partial charge is 0.496 e. The van der Waals surface area contributed by atoms with Crippen molar-refractivity contribution in [2.24, 2.45) is 0 Å². The van der Waals surface area contributed by atoms with Gasteiger partial charge in [0.15, 0.2) is 5.13 Å². The molecule has 15 heavy (non-hydrogen) atoms. The molecule has 0 aliphatic rings. The maximum absolute atomic E-state index is 5.59. The number of nitrogen functional groups attached to an aromatic ring is 1. The van der Waals surface area contributed by atoms with Gasteiger partial charge in [0.05, 0.1) is 16.4 Å². The maximum Gasteiger partial charge on any atom is 0.180 e. The summed E-state index contributed by atoms with van der Waals surface area (Å²) in [5.74, 6) is 0.877. The standard InChI is InChI=1S/C10H9IN2OS/c1-14-9-3-2-6(4-7(9)11)8-5-15-10(12)13-8/h2-5H,1H3,(H2,12,13). The second-order valence-corrected chi connectivity index (χ2v) is 4.97. The first-order valence-electron chi connectivity index (χ1n) is 4.25. The molecule has 0 spiro atoms. The van der Waals surface area contributed by atoms with Crippen molar-refractivity contribution in [2.75, 3.05) is 12.8 Å². The second-order valence-electron chi connectivity index (χ2n) is 2.92. The highest BCUT2D eigenvalue weighted by Crippen LogP contribution is 2.28. The highest BCUT2D eigenvalue weighted by atomic mass is 127. The molecule has 3 nitrogen and oxygen atoms in total. The molecule has 78 valence electrons. The van der Waals surface area contributed by atoms with E-state index in [0.717, 1.165) is 20.6 Å². The fraction of sp³-hybridized carbons (Fsp3) is 0.100. The van der Waals surface area contributed by atoms with Crippen molar-refractivity contribution in [1.29, 1.82) is 0 Å². The zero-order valence-electron chi connectivity index (χ0n) is 8.03. The molecule has 0 bridgehead atoms. The summed E-state index contributed by atoms with van der Waals surface area (Å²) in [6.07, 6.45) is 0. The fourth-order valence-corrected chi connectivity index (χ4v) is 2.55. The van der Waals surface area contributed by atoms with E-state index in [2.05, 4.69) is 27.6 Å². The lowest BCUT2D eigenvalue weighted by molar-refractivity contribution is 0.412.